The monoisotopic (exact) mass is 368 g/mol. The number of hydrogen-bond donors (Lipinski definition) is 0. The predicted octanol–water partition coefficient (Wildman–Crippen LogP) is 2.63. The van der Waals surface area contributed by atoms with Gasteiger partial charge in [-0.15, -0.1) is 5.10 Å². The number of aromatic nitrogens is 4. The maximum absolute atomic E-state index is 12.9. The third-order valence-electron chi connectivity index (χ3n) is 5.23. The number of ether oxygens (including phenoxy) is 1. The van der Waals surface area contributed by atoms with E-state index >= 15 is 0 Å². The van der Waals surface area contributed by atoms with E-state index in [9.17, 15) is 9.59 Å². The van der Waals surface area contributed by atoms with Crippen LogP contribution in [0.1, 0.15) is 39.0 Å². The molecule has 0 bridgehead atoms. The molecule has 3 aromatic rings. The van der Waals surface area contributed by atoms with Gasteiger partial charge in [0.2, 0.25) is 5.65 Å². The van der Waals surface area contributed by atoms with Gasteiger partial charge in [-0.05, 0) is 49.9 Å². The number of benzene rings is 1. The van der Waals surface area contributed by atoms with Gasteiger partial charge in [-0.25, -0.2) is 13.9 Å². The quantitative estimate of drug-likeness (QED) is 0.694. The van der Waals surface area contributed by atoms with Crippen LogP contribution in [0.4, 0.5) is 0 Å². The van der Waals surface area contributed by atoms with E-state index in [-0.39, 0.29) is 16.9 Å². The summed E-state index contributed by atoms with van der Waals surface area (Å²) in [5.74, 6) is 1.22. The molecule has 27 heavy (non-hydrogen) atoms. The van der Waals surface area contributed by atoms with Crippen molar-refractivity contribution < 1.29 is 4.74 Å². The van der Waals surface area contributed by atoms with E-state index in [0.29, 0.717) is 24.8 Å². The highest BCUT2D eigenvalue weighted by atomic mass is 16.5. The summed E-state index contributed by atoms with van der Waals surface area (Å²) in [5.41, 5.74) is 0.320. The molecule has 4 rings (SSSR count). The summed E-state index contributed by atoms with van der Waals surface area (Å²) >= 11 is 0. The number of nitrogens with zero attached hydrogens (tertiary/aromatic N) is 4. The van der Waals surface area contributed by atoms with E-state index in [1.54, 1.807) is 12.4 Å². The maximum atomic E-state index is 12.9. The topological polar surface area (TPSA) is 70.5 Å². The molecule has 0 spiro atoms. The average molecular weight is 368 g/mol. The molecule has 1 fully saturated rings. The van der Waals surface area contributed by atoms with Gasteiger partial charge in [-0.3, -0.25) is 9.36 Å². The highest BCUT2D eigenvalue weighted by Crippen LogP contribution is 2.24. The maximum Gasteiger partial charge on any atom is 0.350 e. The Bertz CT molecular complexity index is 1040. The Hall–Kier alpha value is -2.83. The van der Waals surface area contributed by atoms with Gasteiger partial charge >= 0.3 is 11.2 Å². The van der Waals surface area contributed by atoms with Crippen molar-refractivity contribution in [1.29, 1.82) is 0 Å². The average Bonchev–Trinajstić information content (AvgIpc) is 3.01. The minimum Gasteiger partial charge on any atom is -0.494 e. The first-order valence-electron chi connectivity index (χ1n) is 9.61. The zero-order valence-corrected chi connectivity index (χ0v) is 15.5. The Morgan fingerprint density at radius 2 is 1.81 bits per heavy atom. The van der Waals surface area contributed by atoms with E-state index < -0.39 is 0 Å². The SMILES string of the molecule is CCOc1ccc(-n2ccn3c(=O)n(CC4CCCCC4)nc3c2=O)cc1. The van der Waals surface area contributed by atoms with Gasteiger partial charge in [0.15, 0.2) is 0 Å². The summed E-state index contributed by atoms with van der Waals surface area (Å²) in [5, 5.41) is 4.35. The van der Waals surface area contributed by atoms with E-state index in [4.69, 9.17) is 4.74 Å². The van der Waals surface area contributed by atoms with Crippen LogP contribution >= 0.6 is 0 Å². The van der Waals surface area contributed by atoms with Crippen molar-refractivity contribution in [1.82, 2.24) is 18.7 Å². The lowest BCUT2D eigenvalue weighted by Crippen LogP contribution is -2.26. The molecule has 0 radical (unpaired) electrons. The molecule has 0 amide bonds. The zero-order chi connectivity index (χ0) is 18.8. The lowest BCUT2D eigenvalue weighted by molar-refractivity contribution is 0.304. The van der Waals surface area contributed by atoms with Crippen LogP contribution in [0.15, 0.2) is 46.2 Å². The summed E-state index contributed by atoms with van der Waals surface area (Å²) < 4.78 is 9.74. The van der Waals surface area contributed by atoms with Gasteiger partial charge in [0.1, 0.15) is 5.75 Å². The van der Waals surface area contributed by atoms with Crippen molar-refractivity contribution in [2.24, 2.45) is 5.92 Å². The fourth-order valence-electron chi connectivity index (χ4n) is 3.82. The van der Waals surface area contributed by atoms with Crippen molar-refractivity contribution in [3.8, 4) is 11.4 Å². The number of rotatable bonds is 5. The predicted molar refractivity (Wildman–Crippen MR) is 103 cm³/mol. The highest BCUT2D eigenvalue weighted by Gasteiger charge is 2.18. The second kappa shape index (κ2) is 7.42. The molecule has 0 atom stereocenters. The zero-order valence-electron chi connectivity index (χ0n) is 15.5. The molecule has 2 heterocycles. The smallest absolute Gasteiger partial charge is 0.350 e. The molecule has 142 valence electrons. The lowest BCUT2D eigenvalue weighted by atomic mass is 9.89. The molecule has 0 N–H and O–H groups in total. The third kappa shape index (κ3) is 3.41. The highest BCUT2D eigenvalue weighted by molar-refractivity contribution is 5.42. The summed E-state index contributed by atoms with van der Waals surface area (Å²) in [6, 6.07) is 7.28. The normalized spacial score (nSPS) is 15.3. The second-order valence-electron chi connectivity index (χ2n) is 7.06. The molecule has 1 aliphatic rings. The molecular formula is C20H24N4O3. The van der Waals surface area contributed by atoms with Crippen LogP contribution in [0, 0.1) is 5.92 Å². The molecule has 0 saturated heterocycles. The van der Waals surface area contributed by atoms with Gasteiger partial charge in [-0.1, -0.05) is 19.3 Å². The van der Waals surface area contributed by atoms with E-state index in [2.05, 4.69) is 5.10 Å². The molecule has 1 aromatic carbocycles. The van der Waals surface area contributed by atoms with E-state index in [1.807, 2.05) is 31.2 Å². The Labute approximate surface area is 156 Å². The molecule has 7 nitrogen and oxygen atoms in total. The van der Waals surface area contributed by atoms with Gasteiger partial charge in [0.05, 0.1) is 6.61 Å². The molecule has 1 aliphatic carbocycles. The first kappa shape index (κ1) is 17.6. The summed E-state index contributed by atoms with van der Waals surface area (Å²) in [6.07, 6.45) is 9.14. The van der Waals surface area contributed by atoms with Crippen molar-refractivity contribution in [3.63, 3.8) is 0 Å². The van der Waals surface area contributed by atoms with Crippen LogP contribution in [-0.2, 0) is 6.54 Å². The summed E-state index contributed by atoms with van der Waals surface area (Å²) in [4.78, 5) is 25.5. The molecular weight excluding hydrogens is 344 g/mol. The fraction of sp³-hybridized carbons (Fsp3) is 0.450. The Balaban J connectivity index is 1.69. The van der Waals surface area contributed by atoms with Crippen LogP contribution in [0.5, 0.6) is 5.75 Å². The van der Waals surface area contributed by atoms with Crippen molar-refractivity contribution in [2.75, 3.05) is 6.61 Å². The minimum atomic E-state index is -0.304. The number of hydrogen-bond acceptors (Lipinski definition) is 4. The molecule has 0 aliphatic heterocycles. The van der Waals surface area contributed by atoms with E-state index in [0.717, 1.165) is 18.6 Å². The van der Waals surface area contributed by atoms with Gasteiger partial charge < -0.3 is 4.74 Å². The standard InChI is InChI=1S/C20H24N4O3/c1-2-27-17-10-8-16(9-11-17)22-12-13-23-18(19(22)25)21-24(20(23)26)14-15-6-4-3-5-7-15/h8-13,15H,2-7,14H2,1H3. The summed E-state index contributed by atoms with van der Waals surface area (Å²) in [7, 11) is 0. The first-order valence-corrected chi connectivity index (χ1v) is 9.61. The largest absolute Gasteiger partial charge is 0.494 e. The van der Waals surface area contributed by atoms with Gasteiger partial charge in [0.25, 0.3) is 0 Å². The van der Waals surface area contributed by atoms with Crippen LogP contribution in [0.3, 0.4) is 0 Å². The third-order valence-corrected chi connectivity index (χ3v) is 5.23. The first-order chi connectivity index (χ1) is 13.2. The number of fused-ring (bicyclic) bond motifs is 1. The van der Waals surface area contributed by atoms with Crippen LogP contribution in [-0.4, -0.2) is 25.4 Å². The van der Waals surface area contributed by atoms with Crippen molar-refractivity contribution in [2.45, 2.75) is 45.6 Å². The minimum absolute atomic E-state index is 0.159. The molecule has 1 saturated carbocycles. The van der Waals surface area contributed by atoms with Crippen LogP contribution < -0.4 is 16.0 Å². The van der Waals surface area contributed by atoms with E-state index in [1.165, 1.54) is 32.9 Å². The van der Waals surface area contributed by atoms with Crippen LogP contribution in [0.25, 0.3) is 11.3 Å². The summed E-state index contributed by atoms with van der Waals surface area (Å²) in [6.45, 7) is 3.10. The van der Waals surface area contributed by atoms with Crippen molar-refractivity contribution in [3.05, 3.63) is 57.5 Å². The fourth-order valence-corrected chi connectivity index (χ4v) is 3.82. The Morgan fingerprint density at radius 3 is 2.52 bits per heavy atom. The van der Waals surface area contributed by atoms with Gasteiger partial charge in [0, 0.05) is 24.6 Å². The lowest BCUT2D eigenvalue weighted by Gasteiger charge is -2.20. The molecule has 2 aromatic heterocycles. The van der Waals surface area contributed by atoms with Crippen molar-refractivity contribution >= 4 is 5.65 Å². The van der Waals surface area contributed by atoms with Crippen LogP contribution in [0.2, 0.25) is 0 Å². The van der Waals surface area contributed by atoms with Gasteiger partial charge in [-0.2, -0.15) is 0 Å². The molecule has 7 heteroatoms. The Morgan fingerprint density at radius 1 is 1.07 bits per heavy atom. The Kier molecular flexibility index (Phi) is 4.83. The second-order valence-corrected chi connectivity index (χ2v) is 7.06. The molecule has 0 unspecified atom stereocenters.